The van der Waals surface area contributed by atoms with Crippen molar-refractivity contribution in [3.8, 4) is 11.5 Å². The van der Waals surface area contributed by atoms with Gasteiger partial charge in [-0.15, -0.1) is 11.3 Å². The van der Waals surface area contributed by atoms with E-state index in [1.54, 1.807) is 0 Å². The molecule has 1 saturated carbocycles. The summed E-state index contributed by atoms with van der Waals surface area (Å²) in [5, 5.41) is 1.05. The van der Waals surface area contributed by atoms with E-state index in [4.69, 9.17) is 19.4 Å². The molecule has 1 atom stereocenters. The number of carbonyl (C=O) groups excluding carboxylic acids is 1. The molecule has 6 rings (SSSR count). The van der Waals surface area contributed by atoms with Gasteiger partial charge in [-0.1, -0.05) is 6.07 Å². The number of benzene rings is 1. The van der Waals surface area contributed by atoms with Crippen LogP contribution in [-0.2, 0) is 0 Å². The molecule has 0 N–H and O–H groups in total. The predicted molar refractivity (Wildman–Crippen MR) is 119 cm³/mol. The topological polar surface area (TPSA) is 64.6 Å². The quantitative estimate of drug-likeness (QED) is 0.583. The molecule has 1 unspecified atom stereocenters. The minimum absolute atomic E-state index is 0.0575. The Morgan fingerprint density at radius 3 is 2.71 bits per heavy atom. The SMILES string of the molecule is Cc1nc(C2CC2)nc2sc(C(=O)N3CCCC3c3ccc4c(c3)OCCO4)c(C)c12. The second kappa shape index (κ2) is 7.19. The smallest absolute Gasteiger partial charge is 0.264 e. The average molecular weight is 436 g/mol. The van der Waals surface area contributed by atoms with Gasteiger partial charge in [0.25, 0.3) is 5.91 Å². The summed E-state index contributed by atoms with van der Waals surface area (Å²) in [5.74, 6) is 3.11. The maximum Gasteiger partial charge on any atom is 0.264 e. The molecule has 7 heteroatoms. The van der Waals surface area contributed by atoms with Crippen molar-refractivity contribution in [2.75, 3.05) is 19.8 Å². The van der Waals surface area contributed by atoms with Crippen LogP contribution in [0.2, 0.25) is 0 Å². The van der Waals surface area contributed by atoms with Gasteiger partial charge in [0, 0.05) is 17.8 Å². The maximum absolute atomic E-state index is 13.7. The monoisotopic (exact) mass is 435 g/mol. The van der Waals surface area contributed by atoms with Gasteiger partial charge in [-0.05, 0) is 62.8 Å². The standard InChI is InChI=1S/C24H25N3O3S/c1-13-20-14(2)25-22(15-5-6-15)26-23(20)31-21(13)24(28)27-9-3-4-17(27)16-7-8-18-19(12-16)30-11-10-29-18/h7-8,12,15,17H,3-6,9-11H2,1-2H3. The molecule has 6 nitrogen and oxygen atoms in total. The number of ether oxygens (including phenoxy) is 2. The van der Waals surface area contributed by atoms with E-state index >= 15 is 0 Å². The molecular weight excluding hydrogens is 410 g/mol. The number of aryl methyl sites for hydroxylation is 2. The largest absolute Gasteiger partial charge is 0.486 e. The zero-order valence-corrected chi connectivity index (χ0v) is 18.6. The normalized spacial score (nSPS) is 20.5. The number of thiophene rings is 1. The Morgan fingerprint density at radius 2 is 1.90 bits per heavy atom. The third kappa shape index (κ3) is 3.17. The first-order valence-corrected chi connectivity index (χ1v) is 11.9. The molecule has 2 aliphatic heterocycles. The van der Waals surface area contributed by atoms with Crippen molar-refractivity contribution in [3.63, 3.8) is 0 Å². The van der Waals surface area contributed by atoms with Gasteiger partial charge >= 0.3 is 0 Å². The number of nitrogens with zero attached hydrogens (tertiary/aromatic N) is 3. The highest BCUT2D eigenvalue weighted by Crippen LogP contribution is 2.42. The van der Waals surface area contributed by atoms with Gasteiger partial charge < -0.3 is 14.4 Å². The number of hydrogen-bond donors (Lipinski definition) is 0. The first-order valence-electron chi connectivity index (χ1n) is 11.1. The molecule has 2 aromatic heterocycles. The molecule has 160 valence electrons. The van der Waals surface area contributed by atoms with Crippen LogP contribution in [0, 0.1) is 13.8 Å². The van der Waals surface area contributed by atoms with Gasteiger partial charge in [-0.2, -0.15) is 0 Å². The lowest BCUT2D eigenvalue weighted by atomic mass is 10.0. The summed E-state index contributed by atoms with van der Waals surface area (Å²) in [6.07, 6.45) is 4.30. The van der Waals surface area contributed by atoms with Crippen molar-refractivity contribution in [2.24, 2.45) is 0 Å². The fraction of sp³-hybridized carbons (Fsp3) is 0.458. The molecule has 0 bridgehead atoms. The van der Waals surface area contributed by atoms with Gasteiger partial charge in [0.2, 0.25) is 0 Å². The summed E-state index contributed by atoms with van der Waals surface area (Å²) in [6.45, 7) is 5.99. The molecule has 4 heterocycles. The van der Waals surface area contributed by atoms with Crippen molar-refractivity contribution in [1.29, 1.82) is 0 Å². The van der Waals surface area contributed by atoms with Gasteiger partial charge in [0.15, 0.2) is 11.5 Å². The molecule has 3 aliphatic rings. The number of carbonyl (C=O) groups is 1. The van der Waals surface area contributed by atoms with E-state index in [-0.39, 0.29) is 11.9 Å². The molecular formula is C24H25N3O3S. The van der Waals surface area contributed by atoms with E-state index < -0.39 is 0 Å². The van der Waals surface area contributed by atoms with Crippen LogP contribution in [-0.4, -0.2) is 40.5 Å². The summed E-state index contributed by atoms with van der Waals surface area (Å²) in [7, 11) is 0. The van der Waals surface area contributed by atoms with E-state index in [1.165, 1.54) is 24.2 Å². The van der Waals surface area contributed by atoms with Crippen LogP contribution in [0.15, 0.2) is 18.2 Å². The average Bonchev–Trinajstić information content (AvgIpc) is 3.42. The van der Waals surface area contributed by atoms with Crippen molar-refractivity contribution < 1.29 is 14.3 Å². The fourth-order valence-corrected chi connectivity index (χ4v) is 6.04. The lowest BCUT2D eigenvalue weighted by Gasteiger charge is -2.26. The zero-order chi connectivity index (χ0) is 21.1. The lowest BCUT2D eigenvalue weighted by Crippen LogP contribution is -2.30. The predicted octanol–water partition coefficient (Wildman–Crippen LogP) is 4.93. The van der Waals surface area contributed by atoms with Crippen LogP contribution < -0.4 is 9.47 Å². The number of aromatic nitrogens is 2. The maximum atomic E-state index is 13.7. The van der Waals surface area contributed by atoms with Gasteiger partial charge in [-0.3, -0.25) is 4.79 Å². The van der Waals surface area contributed by atoms with E-state index in [0.717, 1.165) is 68.6 Å². The Morgan fingerprint density at radius 1 is 1.10 bits per heavy atom. The first-order chi connectivity index (χ1) is 15.1. The Labute approximate surface area is 185 Å². The highest BCUT2D eigenvalue weighted by molar-refractivity contribution is 7.20. The molecule has 1 aromatic carbocycles. The van der Waals surface area contributed by atoms with Crippen LogP contribution >= 0.6 is 11.3 Å². The Balaban J connectivity index is 1.35. The molecule has 1 amide bonds. The molecule has 31 heavy (non-hydrogen) atoms. The molecule has 0 spiro atoms. The Bertz CT molecular complexity index is 1200. The van der Waals surface area contributed by atoms with Crippen LogP contribution in [0.25, 0.3) is 10.2 Å². The molecule has 1 saturated heterocycles. The summed E-state index contributed by atoms with van der Waals surface area (Å²) in [5.41, 5.74) is 3.11. The molecule has 3 aromatic rings. The summed E-state index contributed by atoms with van der Waals surface area (Å²) in [6, 6.07) is 6.13. The van der Waals surface area contributed by atoms with Crippen molar-refractivity contribution in [1.82, 2.24) is 14.9 Å². The van der Waals surface area contributed by atoms with E-state index in [2.05, 4.69) is 6.07 Å². The van der Waals surface area contributed by atoms with Gasteiger partial charge in [0.05, 0.1) is 16.6 Å². The fourth-order valence-electron chi connectivity index (χ4n) is 4.84. The van der Waals surface area contributed by atoms with E-state index in [1.807, 2.05) is 30.9 Å². The molecule has 2 fully saturated rings. The second-order valence-corrected chi connectivity index (χ2v) is 9.74. The number of fused-ring (bicyclic) bond motifs is 2. The molecule has 0 radical (unpaired) electrons. The van der Waals surface area contributed by atoms with Crippen molar-refractivity contribution >= 4 is 27.5 Å². The summed E-state index contributed by atoms with van der Waals surface area (Å²) >= 11 is 1.53. The van der Waals surface area contributed by atoms with Crippen LogP contribution in [0.4, 0.5) is 0 Å². The molecule has 1 aliphatic carbocycles. The second-order valence-electron chi connectivity index (χ2n) is 8.74. The van der Waals surface area contributed by atoms with Crippen LogP contribution in [0.5, 0.6) is 11.5 Å². The third-order valence-corrected chi connectivity index (χ3v) is 7.76. The minimum Gasteiger partial charge on any atom is -0.486 e. The summed E-state index contributed by atoms with van der Waals surface area (Å²) < 4.78 is 11.4. The van der Waals surface area contributed by atoms with Crippen LogP contribution in [0.1, 0.15) is 70.0 Å². The Kier molecular flexibility index (Phi) is 4.42. The van der Waals surface area contributed by atoms with Crippen molar-refractivity contribution in [2.45, 2.75) is 51.5 Å². The summed E-state index contributed by atoms with van der Waals surface area (Å²) in [4.78, 5) is 27.0. The van der Waals surface area contributed by atoms with Gasteiger partial charge in [0.1, 0.15) is 23.9 Å². The Hall–Kier alpha value is -2.67. The van der Waals surface area contributed by atoms with Crippen LogP contribution in [0.3, 0.4) is 0 Å². The lowest BCUT2D eigenvalue weighted by molar-refractivity contribution is 0.0739. The number of rotatable bonds is 3. The highest BCUT2D eigenvalue weighted by atomic mass is 32.1. The number of amides is 1. The number of likely N-dealkylation sites (tertiary alicyclic amines) is 1. The van der Waals surface area contributed by atoms with Crippen molar-refractivity contribution in [3.05, 3.63) is 45.7 Å². The third-order valence-electron chi connectivity index (χ3n) is 6.59. The van der Waals surface area contributed by atoms with E-state index in [0.29, 0.717) is 19.1 Å². The highest BCUT2D eigenvalue weighted by Gasteiger charge is 2.34. The first kappa shape index (κ1) is 19.0. The zero-order valence-electron chi connectivity index (χ0n) is 17.8. The van der Waals surface area contributed by atoms with E-state index in [9.17, 15) is 4.79 Å². The minimum atomic E-state index is 0.0575. The van der Waals surface area contributed by atoms with Gasteiger partial charge in [-0.25, -0.2) is 9.97 Å². The number of hydrogen-bond acceptors (Lipinski definition) is 6.